The van der Waals surface area contributed by atoms with E-state index < -0.39 is 29.5 Å². The Balaban J connectivity index is 3.15. The van der Waals surface area contributed by atoms with Crippen molar-refractivity contribution >= 4 is 11.8 Å². The SMILES string of the molecule is CNCC(O)c1ccc(C(F)(F)F)cc1NC(=O)OC(C)(C)C. The van der Waals surface area contributed by atoms with Gasteiger partial charge in [-0.2, -0.15) is 13.2 Å². The van der Waals surface area contributed by atoms with E-state index in [1.54, 1.807) is 27.8 Å². The second-order valence-electron chi connectivity index (χ2n) is 6.00. The Hall–Kier alpha value is -1.80. The number of rotatable bonds is 4. The molecular formula is C15H21F3N2O3. The molecule has 8 heteroatoms. The van der Waals surface area contributed by atoms with Crippen molar-refractivity contribution in [3.8, 4) is 0 Å². The minimum absolute atomic E-state index is 0.119. The molecule has 0 aromatic heterocycles. The highest BCUT2D eigenvalue weighted by Crippen LogP contribution is 2.34. The van der Waals surface area contributed by atoms with Crippen molar-refractivity contribution in [3.63, 3.8) is 0 Å². The van der Waals surface area contributed by atoms with Crippen LogP contribution in [-0.2, 0) is 10.9 Å². The lowest BCUT2D eigenvalue weighted by Crippen LogP contribution is -2.28. The van der Waals surface area contributed by atoms with Gasteiger partial charge in [0.25, 0.3) is 0 Å². The van der Waals surface area contributed by atoms with E-state index in [0.717, 1.165) is 18.2 Å². The maximum atomic E-state index is 12.8. The standard InChI is InChI=1S/C15H21F3N2O3/c1-14(2,3)23-13(22)20-11-7-9(15(16,17)18)5-6-10(11)12(21)8-19-4/h5-7,12,19,21H,8H2,1-4H3,(H,20,22). The number of anilines is 1. The Kier molecular flexibility index (Phi) is 6.01. The van der Waals surface area contributed by atoms with E-state index in [9.17, 15) is 23.1 Å². The summed E-state index contributed by atoms with van der Waals surface area (Å²) in [6, 6.07) is 2.77. The average molecular weight is 334 g/mol. The van der Waals surface area contributed by atoms with Gasteiger partial charge in [-0.15, -0.1) is 0 Å². The van der Waals surface area contributed by atoms with Crippen LogP contribution >= 0.6 is 0 Å². The predicted molar refractivity (Wildman–Crippen MR) is 80.2 cm³/mol. The molecule has 3 N–H and O–H groups in total. The van der Waals surface area contributed by atoms with Crippen molar-refractivity contribution in [2.24, 2.45) is 0 Å². The number of benzene rings is 1. The van der Waals surface area contributed by atoms with E-state index >= 15 is 0 Å². The van der Waals surface area contributed by atoms with Crippen molar-refractivity contribution in [3.05, 3.63) is 29.3 Å². The van der Waals surface area contributed by atoms with Crippen LogP contribution < -0.4 is 10.6 Å². The third-order valence-electron chi connectivity index (χ3n) is 2.77. The molecule has 0 saturated carbocycles. The third kappa shape index (κ3) is 6.07. The molecule has 0 saturated heterocycles. The van der Waals surface area contributed by atoms with Gasteiger partial charge in [0.2, 0.25) is 0 Å². The second-order valence-corrected chi connectivity index (χ2v) is 6.00. The van der Waals surface area contributed by atoms with Crippen molar-refractivity contribution in [1.29, 1.82) is 0 Å². The summed E-state index contributed by atoms with van der Waals surface area (Å²) in [7, 11) is 1.59. The van der Waals surface area contributed by atoms with Gasteiger partial charge in [0.1, 0.15) is 5.60 Å². The highest BCUT2D eigenvalue weighted by molar-refractivity contribution is 5.86. The summed E-state index contributed by atoms with van der Waals surface area (Å²) in [5, 5.41) is 15.0. The fourth-order valence-electron chi connectivity index (χ4n) is 1.85. The average Bonchev–Trinajstić information content (AvgIpc) is 2.35. The number of hydrogen-bond acceptors (Lipinski definition) is 4. The summed E-state index contributed by atoms with van der Waals surface area (Å²) in [6.45, 7) is 5.02. The molecule has 1 amide bonds. The number of carbonyl (C=O) groups is 1. The molecule has 130 valence electrons. The molecule has 0 aliphatic rings. The lowest BCUT2D eigenvalue weighted by atomic mass is 10.0. The van der Waals surface area contributed by atoms with Crippen molar-refractivity contribution in [1.82, 2.24) is 5.32 Å². The first kappa shape index (κ1) is 19.2. The molecule has 0 radical (unpaired) electrons. The summed E-state index contributed by atoms with van der Waals surface area (Å²) in [4.78, 5) is 11.8. The van der Waals surface area contributed by atoms with E-state index in [2.05, 4.69) is 10.6 Å². The van der Waals surface area contributed by atoms with Crippen LogP contribution in [0.15, 0.2) is 18.2 Å². The molecule has 1 atom stereocenters. The van der Waals surface area contributed by atoms with Crippen LogP contribution in [0.1, 0.15) is 38.0 Å². The van der Waals surface area contributed by atoms with Crippen LogP contribution in [0, 0.1) is 0 Å². The fraction of sp³-hybridized carbons (Fsp3) is 0.533. The van der Waals surface area contributed by atoms with Gasteiger partial charge in [-0.3, -0.25) is 5.32 Å². The van der Waals surface area contributed by atoms with E-state index in [1.165, 1.54) is 0 Å². The predicted octanol–water partition coefficient (Wildman–Crippen LogP) is 3.31. The number of carbonyl (C=O) groups excluding carboxylic acids is 1. The highest BCUT2D eigenvalue weighted by Gasteiger charge is 2.32. The molecule has 0 aliphatic heterocycles. The minimum Gasteiger partial charge on any atom is -0.444 e. The van der Waals surface area contributed by atoms with Crippen molar-refractivity contribution in [2.45, 2.75) is 38.7 Å². The van der Waals surface area contributed by atoms with Crippen LogP contribution in [0.4, 0.5) is 23.7 Å². The van der Waals surface area contributed by atoms with Gasteiger partial charge in [-0.1, -0.05) is 6.07 Å². The molecule has 1 aromatic rings. The maximum Gasteiger partial charge on any atom is 0.416 e. The number of alkyl halides is 3. The van der Waals surface area contributed by atoms with Crippen LogP contribution in [0.25, 0.3) is 0 Å². The molecule has 0 heterocycles. The number of aliphatic hydroxyl groups excluding tert-OH is 1. The fourth-order valence-corrected chi connectivity index (χ4v) is 1.85. The molecule has 0 bridgehead atoms. The third-order valence-corrected chi connectivity index (χ3v) is 2.77. The first-order valence-corrected chi connectivity index (χ1v) is 6.98. The van der Waals surface area contributed by atoms with Crippen molar-refractivity contribution < 1.29 is 27.8 Å². The van der Waals surface area contributed by atoms with Crippen LogP contribution in [-0.4, -0.2) is 30.4 Å². The number of ether oxygens (including phenoxy) is 1. The van der Waals surface area contributed by atoms with E-state index in [1.807, 2.05) is 0 Å². The van der Waals surface area contributed by atoms with Gasteiger partial charge in [0, 0.05) is 12.1 Å². The molecule has 23 heavy (non-hydrogen) atoms. The Morgan fingerprint density at radius 1 is 1.30 bits per heavy atom. The Morgan fingerprint density at radius 3 is 2.39 bits per heavy atom. The largest absolute Gasteiger partial charge is 0.444 e. The smallest absolute Gasteiger partial charge is 0.416 e. The number of amides is 1. The monoisotopic (exact) mass is 334 g/mol. The zero-order valence-corrected chi connectivity index (χ0v) is 13.4. The highest BCUT2D eigenvalue weighted by atomic mass is 19.4. The molecule has 5 nitrogen and oxygen atoms in total. The number of aliphatic hydroxyl groups is 1. The summed E-state index contributed by atoms with van der Waals surface area (Å²) >= 11 is 0. The van der Waals surface area contributed by atoms with Gasteiger partial charge >= 0.3 is 12.3 Å². The van der Waals surface area contributed by atoms with Crippen LogP contribution in [0.3, 0.4) is 0 Å². The molecule has 0 aliphatic carbocycles. The minimum atomic E-state index is -4.56. The zero-order valence-electron chi connectivity index (χ0n) is 13.4. The van der Waals surface area contributed by atoms with Gasteiger partial charge in [0.15, 0.2) is 0 Å². The lowest BCUT2D eigenvalue weighted by molar-refractivity contribution is -0.137. The summed E-state index contributed by atoms with van der Waals surface area (Å²) in [5.41, 5.74) is -1.70. The summed E-state index contributed by atoms with van der Waals surface area (Å²) in [6.07, 6.45) is -6.53. The molecule has 1 aromatic carbocycles. The summed E-state index contributed by atoms with van der Waals surface area (Å²) < 4.78 is 43.5. The van der Waals surface area contributed by atoms with Crippen LogP contribution in [0.2, 0.25) is 0 Å². The van der Waals surface area contributed by atoms with Crippen LogP contribution in [0.5, 0.6) is 0 Å². The van der Waals surface area contributed by atoms with Gasteiger partial charge in [-0.05, 0) is 40.0 Å². The lowest BCUT2D eigenvalue weighted by Gasteiger charge is -2.22. The first-order chi connectivity index (χ1) is 10.4. The van der Waals surface area contributed by atoms with Gasteiger partial charge in [0.05, 0.1) is 17.4 Å². The molecule has 1 unspecified atom stereocenters. The molecule has 1 rings (SSSR count). The maximum absolute atomic E-state index is 12.8. The van der Waals surface area contributed by atoms with Crippen molar-refractivity contribution in [2.75, 3.05) is 18.9 Å². The van der Waals surface area contributed by atoms with E-state index in [0.29, 0.717) is 0 Å². The molecule has 0 fully saturated rings. The van der Waals surface area contributed by atoms with Gasteiger partial charge < -0.3 is 15.2 Å². The number of nitrogens with one attached hydrogen (secondary N) is 2. The Morgan fingerprint density at radius 2 is 1.91 bits per heavy atom. The zero-order chi connectivity index (χ0) is 17.8. The summed E-state index contributed by atoms with van der Waals surface area (Å²) in [5.74, 6) is 0. The molecular weight excluding hydrogens is 313 g/mol. The second kappa shape index (κ2) is 7.18. The number of hydrogen-bond donors (Lipinski definition) is 3. The number of likely N-dealkylation sites (N-methyl/N-ethyl adjacent to an activating group) is 1. The Bertz CT molecular complexity index is 554. The molecule has 0 spiro atoms. The topological polar surface area (TPSA) is 70.6 Å². The normalized spacial score (nSPS) is 13.6. The Labute approximate surface area is 132 Å². The quantitative estimate of drug-likeness (QED) is 0.790. The first-order valence-electron chi connectivity index (χ1n) is 6.98. The van der Waals surface area contributed by atoms with E-state index in [-0.39, 0.29) is 17.8 Å². The van der Waals surface area contributed by atoms with E-state index in [4.69, 9.17) is 4.74 Å². The number of halogens is 3. The van der Waals surface area contributed by atoms with Gasteiger partial charge in [-0.25, -0.2) is 4.79 Å².